The van der Waals surface area contributed by atoms with Gasteiger partial charge in [0.25, 0.3) is 0 Å². The van der Waals surface area contributed by atoms with Gasteiger partial charge in [-0.05, 0) is 30.6 Å². The van der Waals surface area contributed by atoms with Crippen molar-refractivity contribution in [3.63, 3.8) is 0 Å². The molecular formula is C25H46O21S4. The van der Waals surface area contributed by atoms with Crippen molar-refractivity contribution in [2.45, 2.75) is 104 Å². The first kappa shape index (κ1) is 44.0. The maximum absolute atomic E-state index is 11.6. The van der Waals surface area contributed by atoms with Gasteiger partial charge in [-0.2, -0.15) is 25.3 Å². The molecule has 0 aromatic carbocycles. The van der Waals surface area contributed by atoms with Gasteiger partial charge in [-0.1, -0.05) is 46.6 Å². The van der Waals surface area contributed by atoms with Crippen LogP contribution in [0.3, 0.4) is 0 Å². The Labute approximate surface area is 295 Å². The first-order valence-corrected chi connectivity index (χ1v) is 20.2. The van der Waals surface area contributed by atoms with E-state index in [2.05, 4.69) is 21.9 Å². The van der Waals surface area contributed by atoms with Crippen molar-refractivity contribution in [2.75, 3.05) is 19.8 Å². The molecule has 0 amide bonds. The first-order valence-electron chi connectivity index (χ1n) is 15.5. The summed E-state index contributed by atoms with van der Waals surface area (Å²) >= 11 is 0.218. The van der Waals surface area contributed by atoms with Crippen LogP contribution < -0.4 is 0 Å². The van der Waals surface area contributed by atoms with E-state index in [9.17, 15) is 29.8 Å². The molecule has 9 unspecified atom stereocenters. The summed E-state index contributed by atoms with van der Waals surface area (Å²) in [5.74, 6) is -2.38. The van der Waals surface area contributed by atoms with E-state index >= 15 is 0 Å². The maximum atomic E-state index is 11.6. The average Bonchev–Trinajstić information content (AvgIpc) is 3.00. The molecule has 3 aliphatic heterocycles. The molecule has 0 aromatic rings. The van der Waals surface area contributed by atoms with Gasteiger partial charge in [0.05, 0.1) is 38.1 Å². The molecule has 3 aliphatic rings. The van der Waals surface area contributed by atoms with Crippen LogP contribution in [0.25, 0.3) is 0 Å². The monoisotopic (exact) mass is 810 g/mol. The lowest BCUT2D eigenvalue weighted by atomic mass is 9.81. The second-order valence-corrected chi connectivity index (χ2v) is 16.5. The Balaban J connectivity index is 1.87. The molecular weight excluding hydrogens is 765 g/mol. The highest BCUT2D eigenvalue weighted by molar-refractivity contribution is 7.89. The lowest BCUT2D eigenvalue weighted by Crippen LogP contribution is -2.59. The van der Waals surface area contributed by atoms with Gasteiger partial charge in [0, 0.05) is 11.8 Å². The Bertz CT molecular complexity index is 1400. The van der Waals surface area contributed by atoms with Crippen LogP contribution in [-0.2, 0) is 81.0 Å². The maximum Gasteiger partial charge on any atom is 0.397 e. The molecule has 0 aromatic heterocycles. The van der Waals surface area contributed by atoms with Crippen LogP contribution in [0.2, 0.25) is 0 Å². The lowest BCUT2D eigenvalue weighted by molar-refractivity contribution is -0.435. The third kappa shape index (κ3) is 12.6. The van der Waals surface area contributed by atoms with Crippen LogP contribution >= 0.6 is 12.3 Å². The summed E-state index contributed by atoms with van der Waals surface area (Å²) in [6, 6.07) is 0. The fourth-order valence-corrected chi connectivity index (χ4v) is 7.56. The highest BCUT2D eigenvalue weighted by atomic mass is 32.3. The minimum Gasteiger partial charge on any atom is -0.370 e. The van der Waals surface area contributed by atoms with Gasteiger partial charge < -0.3 is 23.7 Å². The fraction of sp³-hybridized carbons (Fsp3) is 1.00. The van der Waals surface area contributed by atoms with Crippen molar-refractivity contribution < 1.29 is 94.0 Å². The smallest absolute Gasteiger partial charge is 0.370 e. The summed E-state index contributed by atoms with van der Waals surface area (Å²) in [4.78, 5) is 0. The second-order valence-electron chi connectivity index (χ2n) is 12.7. The van der Waals surface area contributed by atoms with Crippen molar-refractivity contribution in [1.29, 1.82) is 0 Å². The molecule has 3 saturated heterocycles. The fourth-order valence-electron chi connectivity index (χ4n) is 6.19. The van der Waals surface area contributed by atoms with E-state index in [-0.39, 0.29) is 30.3 Å². The van der Waals surface area contributed by atoms with Crippen molar-refractivity contribution in [3.8, 4) is 0 Å². The zero-order valence-corrected chi connectivity index (χ0v) is 31.4. The zero-order valence-electron chi connectivity index (χ0n) is 28.1. The second kappa shape index (κ2) is 18.3. The van der Waals surface area contributed by atoms with E-state index in [0.29, 0.717) is 0 Å². The van der Waals surface area contributed by atoms with E-state index in [1.54, 1.807) is 34.6 Å². The van der Waals surface area contributed by atoms with Gasteiger partial charge in [0.2, 0.25) is 0 Å². The van der Waals surface area contributed by atoms with Gasteiger partial charge in [-0.15, -0.1) is 4.33 Å². The normalized spacial score (nSPS) is 40.5. The van der Waals surface area contributed by atoms with Crippen LogP contribution in [0.1, 0.15) is 48.5 Å². The Hall–Kier alpha value is -0.400. The minimum absolute atomic E-state index is 0.0772. The van der Waals surface area contributed by atoms with E-state index in [4.69, 9.17) is 42.2 Å². The van der Waals surface area contributed by atoms with Crippen molar-refractivity contribution in [3.05, 3.63) is 0 Å². The molecule has 0 spiro atoms. The Morgan fingerprint density at radius 2 is 0.900 bits per heavy atom. The summed E-state index contributed by atoms with van der Waals surface area (Å²) in [7, 11) is -14.7. The molecule has 3 fully saturated rings. The topological polar surface area (TPSA) is 285 Å². The summed E-state index contributed by atoms with van der Waals surface area (Å²) in [6.07, 6.45) is -8.80. The van der Waals surface area contributed by atoms with Gasteiger partial charge in [-0.3, -0.25) is 17.8 Å². The molecule has 4 N–H and O–H groups in total. The van der Waals surface area contributed by atoms with Gasteiger partial charge in [0.15, 0.2) is 24.9 Å². The predicted octanol–water partition coefficient (Wildman–Crippen LogP) is 1.64. The van der Waals surface area contributed by atoms with Crippen molar-refractivity contribution >= 4 is 43.5 Å². The number of rotatable bonds is 17. The first-order chi connectivity index (χ1) is 23.0. The lowest BCUT2D eigenvalue weighted by Gasteiger charge is -2.50. The number of ether oxygens (including phenoxy) is 5. The van der Waals surface area contributed by atoms with Gasteiger partial charge >= 0.3 is 31.2 Å². The summed E-state index contributed by atoms with van der Waals surface area (Å²) < 4.78 is 151. The largest absolute Gasteiger partial charge is 0.397 e. The highest BCUT2D eigenvalue weighted by Crippen LogP contribution is 2.42. The molecule has 0 saturated carbocycles. The van der Waals surface area contributed by atoms with Gasteiger partial charge in [-0.25, -0.2) is 17.8 Å². The van der Waals surface area contributed by atoms with Crippen molar-refractivity contribution in [2.24, 2.45) is 35.5 Å². The van der Waals surface area contributed by atoms with E-state index < -0.39 is 124 Å². The van der Waals surface area contributed by atoms with Crippen molar-refractivity contribution in [1.82, 2.24) is 0 Å². The van der Waals surface area contributed by atoms with E-state index in [1.165, 1.54) is 0 Å². The molecule has 50 heavy (non-hydrogen) atoms. The predicted molar refractivity (Wildman–Crippen MR) is 166 cm³/mol. The van der Waals surface area contributed by atoms with E-state index in [1.807, 2.05) is 13.8 Å². The molecule has 3 heterocycles. The summed E-state index contributed by atoms with van der Waals surface area (Å²) in [5, 5.41) is 12.0. The number of hydrogen-bond donors (Lipinski definition) is 4. The molecule has 296 valence electrons. The molecule has 3 rings (SSSR count). The Kier molecular flexibility index (Phi) is 16.1. The molecule has 0 radical (unpaired) electrons. The van der Waals surface area contributed by atoms with Gasteiger partial charge in [0.1, 0.15) is 24.4 Å². The minimum atomic E-state index is -4.96. The zero-order chi connectivity index (χ0) is 37.8. The van der Waals surface area contributed by atoms with Crippen LogP contribution in [0.15, 0.2) is 0 Å². The highest BCUT2D eigenvalue weighted by Gasteiger charge is 2.51. The third-order valence-corrected chi connectivity index (χ3v) is 11.4. The molecule has 15 atom stereocenters. The summed E-state index contributed by atoms with van der Waals surface area (Å²) in [5.41, 5.74) is 0. The Morgan fingerprint density at radius 1 is 0.540 bits per heavy atom. The number of hydrogen-bond acceptors (Lipinski definition) is 19. The SMILES string of the molecule is CC1C(C)[C@H](OSOOO)C(COS(=O)(=O)O)O[C@@H]1O[C@@H]1C(COS(=O)(=O)O)O[C@H](O[C@@H]2C(COS(=O)(=O)O)O[C@H](C)C(C)C2C)C(C)C1C. The molecule has 25 heteroatoms. The van der Waals surface area contributed by atoms with Crippen LogP contribution in [0.5, 0.6) is 0 Å². The summed E-state index contributed by atoms with van der Waals surface area (Å²) in [6.45, 7) is 10.5. The molecule has 21 nitrogen and oxygen atoms in total. The van der Waals surface area contributed by atoms with Crippen LogP contribution in [-0.4, -0.2) is 119 Å². The average molecular weight is 811 g/mol. The van der Waals surface area contributed by atoms with E-state index in [0.717, 1.165) is 0 Å². The van der Waals surface area contributed by atoms with Crippen LogP contribution in [0, 0.1) is 35.5 Å². The quantitative estimate of drug-likeness (QED) is 0.0534. The molecule has 0 aliphatic carbocycles. The molecule has 0 bridgehead atoms. The standard InChI is InChI=1S/C25H46O21S4/c1-11-12(2)21(18(39-17(11)7)8-36-48(27,28)29)42-24-15(5)13(3)22(19(40-24)9-37-49(30,31)32)43-25-16(6)14(4)23(44-47-46-45-26)20(41-25)10-38-50(33,34)35/h11-26H,8-10H2,1-7H3,(H,27,28,29)(H,30,31,32)(H,33,34,35)/t11?,12?,13?,14?,15?,16?,17-,18?,19?,20?,21+,22+,23+,24-,25-/m1/s1. The Morgan fingerprint density at radius 3 is 1.30 bits per heavy atom. The third-order valence-electron chi connectivity index (χ3n) is 9.68. The van der Waals surface area contributed by atoms with Crippen LogP contribution in [0.4, 0.5) is 0 Å².